The van der Waals surface area contributed by atoms with Gasteiger partial charge in [0.2, 0.25) is 0 Å². The van der Waals surface area contributed by atoms with Crippen molar-refractivity contribution in [3.8, 4) is 5.75 Å². The van der Waals surface area contributed by atoms with Crippen LogP contribution in [0.2, 0.25) is 0 Å². The summed E-state index contributed by atoms with van der Waals surface area (Å²) in [7, 11) is 1.51. The van der Waals surface area contributed by atoms with Crippen molar-refractivity contribution in [1.29, 1.82) is 0 Å². The molecule has 2 aromatic rings. The monoisotopic (exact) mass is 603 g/mol. The van der Waals surface area contributed by atoms with Crippen LogP contribution in [0, 0.1) is 5.41 Å². The van der Waals surface area contributed by atoms with E-state index in [0.29, 0.717) is 41.3 Å². The molecule has 2 aliphatic heterocycles. The lowest BCUT2D eigenvalue weighted by molar-refractivity contribution is -0.142. The third-order valence-electron chi connectivity index (χ3n) is 8.38. The minimum absolute atomic E-state index is 0.155. The highest BCUT2D eigenvalue weighted by molar-refractivity contribution is 7.97. The third-order valence-corrected chi connectivity index (χ3v) is 9.22. The number of pyridine rings is 1. The zero-order chi connectivity index (χ0) is 29.7. The number of methoxy groups -OCH3 is 1. The van der Waals surface area contributed by atoms with Gasteiger partial charge in [-0.15, -0.1) is 0 Å². The van der Waals surface area contributed by atoms with E-state index in [1.165, 1.54) is 31.9 Å². The Morgan fingerprint density at radius 1 is 1.00 bits per heavy atom. The van der Waals surface area contributed by atoms with Gasteiger partial charge in [0.1, 0.15) is 12.4 Å². The van der Waals surface area contributed by atoms with E-state index in [0.717, 1.165) is 36.5 Å². The molecule has 1 aromatic carbocycles. The Morgan fingerprint density at radius 2 is 1.71 bits per heavy atom. The molecule has 9 nitrogen and oxygen atoms in total. The van der Waals surface area contributed by atoms with Crippen molar-refractivity contribution in [3.63, 3.8) is 0 Å². The van der Waals surface area contributed by atoms with E-state index >= 15 is 0 Å². The summed E-state index contributed by atoms with van der Waals surface area (Å²) < 4.78 is 41.3. The molecule has 3 fully saturated rings. The van der Waals surface area contributed by atoms with Gasteiger partial charge in [-0.05, 0) is 73.4 Å². The minimum Gasteiger partial charge on any atom is -0.493 e. The Labute approximate surface area is 249 Å². The molecule has 0 bridgehead atoms. The van der Waals surface area contributed by atoms with Crippen LogP contribution < -0.4 is 24.6 Å². The SMILES string of the molecule is CCC(=O)OCCNSc1ccc(C(=O)Nc2ccc(OC)c(N3CCC(F)(F)CC3)n2)c(N2CCC3(CC2)CC3)c1. The Bertz CT molecular complexity index is 1270. The molecular formula is C30H39F2N5O4S. The molecule has 0 unspecified atom stereocenters. The van der Waals surface area contributed by atoms with Crippen LogP contribution in [0.3, 0.4) is 0 Å². The molecule has 2 saturated heterocycles. The Morgan fingerprint density at radius 3 is 2.38 bits per heavy atom. The number of esters is 1. The molecule has 0 atom stereocenters. The first kappa shape index (κ1) is 30.3. The van der Waals surface area contributed by atoms with Crippen LogP contribution >= 0.6 is 11.9 Å². The van der Waals surface area contributed by atoms with Crippen LogP contribution in [-0.2, 0) is 9.53 Å². The van der Waals surface area contributed by atoms with Crippen molar-refractivity contribution >= 4 is 41.1 Å². The van der Waals surface area contributed by atoms with Gasteiger partial charge in [0.05, 0.1) is 18.4 Å². The summed E-state index contributed by atoms with van der Waals surface area (Å²) in [5, 5.41) is 2.93. The molecule has 0 radical (unpaired) electrons. The fraction of sp³-hybridized carbons (Fsp3) is 0.567. The predicted molar refractivity (Wildman–Crippen MR) is 160 cm³/mol. The van der Waals surface area contributed by atoms with Crippen LogP contribution in [0.4, 0.5) is 26.1 Å². The second-order valence-electron chi connectivity index (χ2n) is 11.3. The molecular weight excluding hydrogens is 564 g/mol. The number of nitrogens with one attached hydrogen (secondary N) is 2. The largest absolute Gasteiger partial charge is 0.493 e. The summed E-state index contributed by atoms with van der Waals surface area (Å²) in [5.41, 5.74) is 1.89. The molecule has 228 valence electrons. The van der Waals surface area contributed by atoms with Gasteiger partial charge in [-0.3, -0.25) is 14.3 Å². The number of hydrogen-bond acceptors (Lipinski definition) is 9. The number of hydrogen-bond donors (Lipinski definition) is 2. The van der Waals surface area contributed by atoms with Gasteiger partial charge in [0, 0.05) is 56.9 Å². The number of ether oxygens (including phenoxy) is 2. The fourth-order valence-corrected chi connectivity index (χ4v) is 6.15. The number of halogens is 2. The highest BCUT2D eigenvalue weighted by Crippen LogP contribution is 2.54. The van der Waals surface area contributed by atoms with E-state index in [-0.39, 0.29) is 44.4 Å². The Hall–Kier alpha value is -3.12. The van der Waals surface area contributed by atoms with Crippen molar-refractivity contribution in [2.45, 2.75) is 62.7 Å². The minimum atomic E-state index is -2.68. The zero-order valence-corrected chi connectivity index (χ0v) is 25.0. The molecule has 3 heterocycles. The molecule has 1 spiro atoms. The van der Waals surface area contributed by atoms with E-state index in [9.17, 15) is 18.4 Å². The molecule has 1 aromatic heterocycles. The first-order chi connectivity index (χ1) is 20.2. The van der Waals surface area contributed by atoms with Gasteiger partial charge >= 0.3 is 5.97 Å². The average Bonchev–Trinajstić information content (AvgIpc) is 3.75. The standard InChI is InChI=1S/C30H39F2N5O4S/c1-3-26(38)41-19-14-33-42-21-4-5-22(23(20-21)36-15-10-29(8-9-29)11-16-36)28(39)35-25-7-6-24(40-2)27(34-25)37-17-12-30(31,32)13-18-37/h4-7,20,33H,3,8-19H2,1-2H3,(H,34,35,39). The van der Waals surface area contributed by atoms with E-state index in [1.807, 2.05) is 18.2 Å². The Kier molecular flexibility index (Phi) is 9.41. The number of nitrogens with zero attached hydrogens (tertiary/aromatic N) is 3. The maximum absolute atomic E-state index is 13.8. The number of rotatable bonds is 11. The maximum Gasteiger partial charge on any atom is 0.305 e. The van der Waals surface area contributed by atoms with Crippen LogP contribution in [-0.4, -0.2) is 69.2 Å². The van der Waals surface area contributed by atoms with E-state index in [2.05, 4.69) is 19.9 Å². The number of aromatic nitrogens is 1. The maximum atomic E-state index is 13.8. The number of anilines is 3. The van der Waals surface area contributed by atoms with Crippen LogP contribution in [0.15, 0.2) is 35.2 Å². The molecule has 2 N–H and O–H groups in total. The quantitative estimate of drug-likeness (QED) is 0.196. The lowest BCUT2D eigenvalue weighted by atomic mass is 9.93. The van der Waals surface area contributed by atoms with Crippen molar-refractivity contribution in [3.05, 3.63) is 35.9 Å². The fourth-order valence-electron chi connectivity index (χ4n) is 5.49. The molecule has 1 amide bonds. The number of piperidine rings is 2. The van der Waals surface area contributed by atoms with Crippen molar-refractivity contribution in [1.82, 2.24) is 9.71 Å². The Balaban J connectivity index is 1.31. The summed E-state index contributed by atoms with van der Waals surface area (Å²) in [4.78, 5) is 34.6. The normalized spacial score (nSPS) is 19.0. The second kappa shape index (κ2) is 13.0. The summed E-state index contributed by atoms with van der Waals surface area (Å²) >= 11 is 1.43. The average molecular weight is 604 g/mol. The van der Waals surface area contributed by atoms with E-state index in [4.69, 9.17) is 9.47 Å². The summed E-state index contributed by atoms with van der Waals surface area (Å²) in [6, 6.07) is 9.10. The van der Waals surface area contributed by atoms with E-state index < -0.39 is 5.92 Å². The highest BCUT2D eigenvalue weighted by atomic mass is 32.2. The zero-order valence-electron chi connectivity index (χ0n) is 24.2. The number of amides is 1. The smallest absolute Gasteiger partial charge is 0.305 e. The molecule has 12 heteroatoms. The van der Waals surface area contributed by atoms with E-state index in [1.54, 1.807) is 24.0 Å². The third kappa shape index (κ3) is 7.44. The van der Waals surface area contributed by atoms with Gasteiger partial charge in [-0.1, -0.05) is 6.92 Å². The first-order valence-electron chi connectivity index (χ1n) is 14.6. The van der Waals surface area contributed by atoms with Crippen LogP contribution in [0.25, 0.3) is 0 Å². The van der Waals surface area contributed by atoms with Crippen molar-refractivity contribution < 1.29 is 27.8 Å². The topological polar surface area (TPSA) is 96.0 Å². The van der Waals surface area contributed by atoms with Crippen LogP contribution in [0.1, 0.15) is 62.2 Å². The highest BCUT2D eigenvalue weighted by Gasteiger charge is 2.44. The van der Waals surface area contributed by atoms with Gasteiger partial charge < -0.3 is 24.6 Å². The van der Waals surface area contributed by atoms with Gasteiger partial charge in [-0.25, -0.2) is 13.8 Å². The molecule has 42 heavy (non-hydrogen) atoms. The summed E-state index contributed by atoms with van der Waals surface area (Å²) in [6.45, 7) is 4.64. The van der Waals surface area contributed by atoms with Gasteiger partial charge in [-0.2, -0.15) is 0 Å². The molecule has 1 saturated carbocycles. The van der Waals surface area contributed by atoms with Crippen molar-refractivity contribution in [2.75, 3.05) is 61.6 Å². The van der Waals surface area contributed by atoms with Crippen LogP contribution in [0.5, 0.6) is 5.75 Å². The molecule has 3 aliphatic rings. The number of carbonyl (C=O) groups is 2. The molecule has 5 rings (SSSR count). The second-order valence-corrected chi connectivity index (χ2v) is 12.2. The lowest BCUT2D eigenvalue weighted by Gasteiger charge is -2.35. The van der Waals surface area contributed by atoms with Gasteiger partial charge in [0.25, 0.3) is 11.8 Å². The first-order valence-corrected chi connectivity index (χ1v) is 15.5. The van der Waals surface area contributed by atoms with Gasteiger partial charge in [0.15, 0.2) is 11.6 Å². The molecule has 1 aliphatic carbocycles. The summed E-state index contributed by atoms with van der Waals surface area (Å²) in [5.74, 6) is -1.95. The lowest BCUT2D eigenvalue weighted by Crippen LogP contribution is -2.40. The van der Waals surface area contributed by atoms with Crippen molar-refractivity contribution in [2.24, 2.45) is 5.41 Å². The summed E-state index contributed by atoms with van der Waals surface area (Å²) in [6.07, 6.45) is 4.65. The predicted octanol–water partition coefficient (Wildman–Crippen LogP) is 5.51. The number of carbonyl (C=O) groups excluding carboxylic acids is 2. The number of alkyl halides is 2. The number of benzene rings is 1.